The van der Waals surface area contributed by atoms with Crippen molar-refractivity contribution in [2.24, 2.45) is 23.0 Å². The minimum absolute atomic E-state index is 0.377. The summed E-state index contributed by atoms with van der Waals surface area (Å²) < 4.78 is 7.59. The smallest absolute Gasteiger partial charge is 0.154 e. The van der Waals surface area contributed by atoms with E-state index in [1.807, 2.05) is 12.3 Å². The van der Waals surface area contributed by atoms with E-state index in [2.05, 4.69) is 67.8 Å². The Bertz CT molecular complexity index is 1160. The summed E-state index contributed by atoms with van der Waals surface area (Å²) in [5.41, 5.74) is 4.37. The topological polar surface area (TPSA) is 69.9 Å². The average Bonchev–Trinajstić information content (AvgIpc) is 3.50. The highest BCUT2D eigenvalue weighted by Gasteiger charge is 2.29. The monoisotopic (exact) mass is 402 g/mol. The van der Waals surface area contributed by atoms with E-state index in [0.717, 1.165) is 64.8 Å². The summed E-state index contributed by atoms with van der Waals surface area (Å²) in [5, 5.41) is 4.59. The van der Waals surface area contributed by atoms with Crippen molar-refractivity contribution >= 4 is 34.5 Å². The maximum atomic E-state index is 5.45. The predicted molar refractivity (Wildman–Crippen MR) is 123 cm³/mol. The van der Waals surface area contributed by atoms with Crippen molar-refractivity contribution in [3.8, 4) is 17.0 Å². The number of amidine groups is 1. The zero-order valence-corrected chi connectivity index (χ0v) is 17.4. The lowest BCUT2D eigenvalue weighted by molar-refractivity contribution is 0.415. The molecule has 1 saturated heterocycles. The second-order valence-electron chi connectivity index (χ2n) is 7.74. The Labute approximate surface area is 175 Å². The Kier molecular flexibility index (Phi) is 4.67. The second-order valence-corrected chi connectivity index (χ2v) is 7.74. The van der Waals surface area contributed by atoms with Gasteiger partial charge in [0.2, 0.25) is 0 Å². The van der Waals surface area contributed by atoms with Gasteiger partial charge in [-0.3, -0.25) is 0 Å². The molecular formula is C23H26N6O. The highest BCUT2D eigenvalue weighted by molar-refractivity contribution is 6.07. The number of methoxy groups -OCH3 is 1. The predicted octanol–water partition coefficient (Wildman–Crippen LogP) is 3.86. The van der Waals surface area contributed by atoms with Gasteiger partial charge in [-0.1, -0.05) is 6.58 Å². The van der Waals surface area contributed by atoms with Crippen LogP contribution in [0.1, 0.15) is 6.42 Å². The molecule has 1 atom stereocenters. The van der Waals surface area contributed by atoms with Gasteiger partial charge >= 0.3 is 0 Å². The van der Waals surface area contributed by atoms with Gasteiger partial charge in [-0.15, -0.1) is 0 Å². The Morgan fingerprint density at radius 2 is 2.27 bits per heavy atom. The summed E-state index contributed by atoms with van der Waals surface area (Å²) in [6.45, 7) is 6.50. The minimum Gasteiger partial charge on any atom is -0.497 e. The third kappa shape index (κ3) is 3.02. The van der Waals surface area contributed by atoms with Crippen LogP contribution in [-0.2, 0) is 7.05 Å². The molecule has 4 heterocycles. The van der Waals surface area contributed by atoms with Crippen LogP contribution in [0.3, 0.4) is 0 Å². The summed E-state index contributed by atoms with van der Waals surface area (Å²) in [6, 6.07) is 8.35. The molecule has 0 bridgehead atoms. The molecule has 154 valence electrons. The summed E-state index contributed by atoms with van der Waals surface area (Å²) >= 11 is 0. The van der Waals surface area contributed by atoms with Crippen LogP contribution in [0.5, 0.6) is 5.75 Å². The molecule has 2 N–H and O–H groups in total. The molecule has 5 rings (SSSR count). The van der Waals surface area contributed by atoms with Crippen LogP contribution in [-0.4, -0.2) is 48.3 Å². The van der Waals surface area contributed by atoms with Gasteiger partial charge in [0.05, 0.1) is 25.0 Å². The number of rotatable bonds is 4. The number of fused-ring (bicyclic) bond motifs is 2. The molecule has 0 saturated carbocycles. The molecule has 7 heteroatoms. The van der Waals surface area contributed by atoms with E-state index in [4.69, 9.17) is 4.74 Å². The molecule has 3 aromatic rings. The van der Waals surface area contributed by atoms with Crippen molar-refractivity contribution in [1.29, 1.82) is 0 Å². The number of benzene rings is 1. The number of nitrogens with zero attached hydrogens (tertiary/aromatic N) is 4. The molecule has 30 heavy (non-hydrogen) atoms. The Balaban J connectivity index is 1.60. The van der Waals surface area contributed by atoms with E-state index < -0.39 is 0 Å². The van der Waals surface area contributed by atoms with E-state index in [1.54, 1.807) is 13.3 Å². The van der Waals surface area contributed by atoms with Crippen molar-refractivity contribution in [2.45, 2.75) is 6.42 Å². The van der Waals surface area contributed by atoms with Crippen molar-refractivity contribution in [1.82, 2.24) is 14.9 Å². The molecule has 1 unspecified atom stereocenters. The van der Waals surface area contributed by atoms with Gasteiger partial charge in [0, 0.05) is 54.6 Å². The van der Waals surface area contributed by atoms with Gasteiger partial charge < -0.3 is 24.5 Å². The van der Waals surface area contributed by atoms with Gasteiger partial charge in [0.25, 0.3) is 0 Å². The fourth-order valence-electron chi connectivity index (χ4n) is 4.49. The van der Waals surface area contributed by atoms with Crippen LogP contribution in [0.4, 0.5) is 11.5 Å². The molecule has 0 spiro atoms. The van der Waals surface area contributed by atoms with Crippen LogP contribution in [0.15, 0.2) is 53.2 Å². The minimum atomic E-state index is 0.377. The first-order chi connectivity index (χ1) is 14.7. The normalized spacial score (nSPS) is 18.8. The third-order valence-corrected chi connectivity index (χ3v) is 5.96. The number of aromatic amines is 1. The first kappa shape index (κ1) is 18.7. The number of ether oxygens (including phenoxy) is 1. The number of hydrogen-bond acceptors (Lipinski definition) is 4. The van der Waals surface area contributed by atoms with Gasteiger partial charge in [-0.05, 0) is 37.2 Å². The molecule has 0 amide bonds. The number of aryl methyl sites for hydroxylation is 1. The highest BCUT2D eigenvalue weighted by Crippen LogP contribution is 2.40. The van der Waals surface area contributed by atoms with E-state index in [1.165, 1.54) is 0 Å². The van der Waals surface area contributed by atoms with E-state index in [0.29, 0.717) is 12.5 Å². The number of nitrogens with one attached hydrogen (secondary N) is 2. The molecule has 2 aliphatic rings. The average molecular weight is 403 g/mol. The lowest BCUT2D eigenvalue weighted by Crippen LogP contribution is -2.39. The summed E-state index contributed by atoms with van der Waals surface area (Å²) in [7, 11) is 3.76. The van der Waals surface area contributed by atoms with E-state index >= 15 is 0 Å². The molecule has 1 aromatic carbocycles. The molecule has 7 nitrogen and oxygen atoms in total. The number of hydrogen-bond donors (Lipinski definition) is 2. The van der Waals surface area contributed by atoms with Crippen LogP contribution < -0.4 is 15.0 Å². The fourth-order valence-corrected chi connectivity index (χ4v) is 4.49. The zero-order valence-electron chi connectivity index (χ0n) is 17.4. The maximum Gasteiger partial charge on any atom is 0.154 e. The third-order valence-electron chi connectivity index (χ3n) is 5.96. The van der Waals surface area contributed by atoms with E-state index in [9.17, 15) is 0 Å². The van der Waals surface area contributed by atoms with Gasteiger partial charge in [0.1, 0.15) is 11.6 Å². The standard InChI is InChI=1S/C23H26N6O/c1-4-25-23(15-7-8-24-13-15)29-10-9-26-22-21(29)12-19(27-22)18-14-28(2)20-6-5-16(30-3)11-17(18)20/h4-6,9,11-12,14-15,24,27H,1,7-8,10,13H2,2-3H3. The lowest BCUT2D eigenvalue weighted by Gasteiger charge is -2.29. The first-order valence-electron chi connectivity index (χ1n) is 10.3. The number of aliphatic imine (C=N–C) groups is 2. The maximum absolute atomic E-state index is 5.45. The van der Waals surface area contributed by atoms with Gasteiger partial charge in [0.15, 0.2) is 5.82 Å². The lowest BCUT2D eigenvalue weighted by atomic mass is 10.1. The largest absolute Gasteiger partial charge is 0.497 e. The van der Waals surface area contributed by atoms with Crippen molar-refractivity contribution in [2.75, 3.05) is 31.6 Å². The van der Waals surface area contributed by atoms with Gasteiger partial charge in [-0.2, -0.15) is 0 Å². The van der Waals surface area contributed by atoms with Crippen molar-refractivity contribution in [3.63, 3.8) is 0 Å². The summed E-state index contributed by atoms with van der Waals surface area (Å²) in [4.78, 5) is 15.1. The first-order valence-corrected chi connectivity index (χ1v) is 10.3. The second kappa shape index (κ2) is 7.50. The Morgan fingerprint density at radius 1 is 1.37 bits per heavy atom. The van der Waals surface area contributed by atoms with Crippen LogP contribution in [0.25, 0.3) is 22.2 Å². The van der Waals surface area contributed by atoms with Gasteiger partial charge in [-0.25, -0.2) is 9.98 Å². The summed E-state index contributed by atoms with van der Waals surface area (Å²) in [5.74, 6) is 3.13. The highest BCUT2D eigenvalue weighted by atomic mass is 16.5. The molecule has 0 radical (unpaired) electrons. The van der Waals surface area contributed by atoms with E-state index in [-0.39, 0.29) is 0 Å². The number of H-pyrrole nitrogens is 1. The number of anilines is 1. The molecule has 2 aliphatic heterocycles. The Hall–Kier alpha value is -3.32. The van der Waals surface area contributed by atoms with Crippen LogP contribution in [0, 0.1) is 5.92 Å². The molecule has 2 aromatic heterocycles. The quantitative estimate of drug-likeness (QED) is 0.514. The number of aromatic nitrogens is 2. The van der Waals surface area contributed by atoms with Crippen molar-refractivity contribution in [3.05, 3.63) is 43.2 Å². The van der Waals surface area contributed by atoms with Crippen LogP contribution in [0.2, 0.25) is 0 Å². The van der Waals surface area contributed by atoms with Crippen LogP contribution >= 0.6 is 0 Å². The molecule has 0 aliphatic carbocycles. The molecule has 1 fully saturated rings. The Morgan fingerprint density at radius 3 is 3.03 bits per heavy atom. The van der Waals surface area contributed by atoms with Crippen molar-refractivity contribution < 1.29 is 4.74 Å². The SMILES string of the molecule is C=CN=C(C1CCNC1)N1CC=Nc2[nH]c(-c3cn(C)c4ccc(OC)cc34)cc21. The fraction of sp³-hybridized carbons (Fsp3) is 0.304. The molecular weight excluding hydrogens is 376 g/mol. The summed E-state index contributed by atoms with van der Waals surface area (Å²) in [6.07, 6.45) is 6.81. The zero-order chi connectivity index (χ0) is 20.7.